The van der Waals surface area contributed by atoms with E-state index in [1.54, 1.807) is 25.4 Å². The van der Waals surface area contributed by atoms with Crippen LogP contribution in [0.15, 0.2) is 0 Å². The van der Waals surface area contributed by atoms with E-state index in [0.717, 1.165) is 45.5 Å². The van der Waals surface area contributed by atoms with Gasteiger partial charge in [-0.25, -0.2) is 12.7 Å². The zero-order chi connectivity index (χ0) is 15.0. The molecule has 0 bridgehead atoms. The lowest BCUT2D eigenvalue weighted by molar-refractivity contribution is 0.162. The van der Waals surface area contributed by atoms with Gasteiger partial charge in [-0.1, -0.05) is 0 Å². The Morgan fingerprint density at radius 3 is 2.40 bits per heavy atom. The second-order valence-electron chi connectivity index (χ2n) is 5.54. The molecule has 0 N–H and O–H groups in total. The summed E-state index contributed by atoms with van der Waals surface area (Å²) >= 11 is 0. The molecule has 0 aromatic heterocycles. The SMILES string of the molecule is CCS(=O)(=O)N(C)C1CCN(CCCCCOC)CC1. The molecule has 120 valence electrons. The average Bonchev–Trinajstić information content (AvgIpc) is 2.47. The third kappa shape index (κ3) is 5.68. The Morgan fingerprint density at radius 2 is 1.85 bits per heavy atom. The molecule has 1 fully saturated rings. The zero-order valence-electron chi connectivity index (χ0n) is 13.2. The van der Waals surface area contributed by atoms with Gasteiger partial charge in [0.05, 0.1) is 5.75 Å². The van der Waals surface area contributed by atoms with Crippen LogP contribution in [-0.2, 0) is 14.8 Å². The van der Waals surface area contributed by atoms with Crippen molar-refractivity contribution in [1.29, 1.82) is 0 Å². The Labute approximate surface area is 124 Å². The third-order valence-corrected chi connectivity index (χ3v) is 6.10. The number of rotatable bonds is 9. The molecule has 1 aliphatic rings. The van der Waals surface area contributed by atoms with E-state index in [4.69, 9.17) is 4.74 Å². The summed E-state index contributed by atoms with van der Waals surface area (Å²) in [6, 6.07) is 0.185. The first-order chi connectivity index (χ1) is 9.51. The molecule has 1 heterocycles. The van der Waals surface area contributed by atoms with Crippen LogP contribution >= 0.6 is 0 Å². The molecule has 1 rings (SSSR count). The van der Waals surface area contributed by atoms with E-state index < -0.39 is 10.0 Å². The quantitative estimate of drug-likeness (QED) is 0.607. The van der Waals surface area contributed by atoms with Crippen molar-refractivity contribution in [2.45, 2.75) is 45.1 Å². The van der Waals surface area contributed by atoms with E-state index in [-0.39, 0.29) is 11.8 Å². The van der Waals surface area contributed by atoms with Gasteiger partial charge in [0.2, 0.25) is 10.0 Å². The molecule has 0 aromatic rings. The lowest BCUT2D eigenvalue weighted by atomic mass is 10.0. The molecule has 0 aromatic carbocycles. The monoisotopic (exact) mass is 306 g/mol. The maximum atomic E-state index is 11.9. The Morgan fingerprint density at radius 1 is 1.20 bits per heavy atom. The topological polar surface area (TPSA) is 49.9 Å². The van der Waals surface area contributed by atoms with Gasteiger partial charge in [-0.05, 0) is 58.7 Å². The molecule has 20 heavy (non-hydrogen) atoms. The van der Waals surface area contributed by atoms with Crippen molar-refractivity contribution in [2.24, 2.45) is 0 Å². The van der Waals surface area contributed by atoms with Crippen LogP contribution in [0.2, 0.25) is 0 Å². The summed E-state index contributed by atoms with van der Waals surface area (Å²) in [5.74, 6) is 0.198. The number of methoxy groups -OCH3 is 1. The van der Waals surface area contributed by atoms with E-state index in [1.807, 2.05) is 0 Å². The normalized spacial score (nSPS) is 18.8. The van der Waals surface area contributed by atoms with E-state index in [2.05, 4.69) is 4.90 Å². The van der Waals surface area contributed by atoms with Gasteiger partial charge in [-0.3, -0.25) is 0 Å². The van der Waals surface area contributed by atoms with Crippen molar-refractivity contribution in [1.82, 2.24) is 9.21 Å². The zero-order valence-corrected chi connectivity index (χ0v) is 14.0. The van der Waals surface area contributed by atoms with Crippen LogP contribution in [0, 0.1) is 0 Å². The maximum Gasteiger partial charge on any atom is 0.213 e. The van der Waals surface area contributed by atoms with Gasteiger partial charge in [-0.15, -0.1) is 0 Å². The van der Waals surface area contributed by atoms with Gasteiger partial charge in [0, 0.05) is 26.8 Å². The van der Waals surface area contributed by atoms with Crippen LogP contribution in [0.1, 0.15) is 39.0 Å². The first-order valence-electron chi connectivity index (χ1n) is 7.68. The minimum atomic E-state index is -3.04. The molecule has 0 aliphatic carbocycles. The predicted molar refractivity (Wildman–Crippen MR) is 82.4 cm³/mol. The van der Waals surface area contributed by atoms with Crippen LogP contribution in [0.25, 0.3) is 0 Å². The molecule has 0 saturated carbocycles. The summed E-state index contributed by atoms with van der Waals surface area (Å²) < 4.78 is 30.3. The second-order valence-corrected chi connectivity index (χ2v) is 7.86. The molecule has 1 saturated heterocycles. The van der Waals surface area contributed by atoms with Crippen molar-refractivity contribution in [2.75, 3.05) is 46.2 Å². The minimum Gasteiger partial charge on any atom is -0.385 e. The van der Waals surface area contributed by atoms with Gasteiger partial charge < -0.3 is 9.64 Å². The average molecular weight is 306 g/mol. The van der Waals surface area contributed by atoms with Crippen molar-refractivity contribution in [3.05, 3.63) is 0 Å². The summed E-state index contributed by atoms with van der Waals surface area (Å²) in [6.07, 6.45) is 5.45. The van der Waals surface area contributed by atoms with Crippen LogP contribution in [0.3, 0.4) is 0 Å². The fourth-order valence-electron chi connectivity index (χ4n) is 2.70. The largest absolute Gasteiger partial charge is 0.385 e. The van der Waals surface area contributed by atoms with Crippen molar-refractivity contribution in [3.8, 4) is 0 Å². The van der Waals surface area contributed by atoms with E-state index >= 15 is 0 Å². The molecule has 0 amide bonds. The molecule has 6 heteroatoms. The predicted octanol–water partition coefficient (Wildman–Crippen LogP) is 1.55. The minimum absolute atomic E-state index is 0.185. The number of nitrogens with zero attached hydrogens (tertiary/aromatic N) is 2. The van der Waals surface area contributed by atoms with Crippen LogP contribution in [-0.4, -0.2) is 69.8 Å². The summed E-state index contributed by atoms with van der Waals surface area (Å²) in [7, 11) is 0.426. The van der Waals surface area contributed by atoms with Crippen molar-refractivity contribution < 1.29 is 13.2 Å². The Hall–Kier alpha value is -0.170. The molecule has 0 atom stereocenters. The summed E-state index contributed by atoms with van der Waals surface area (Å²) in [4.78, 5) is 2.45. The number of likely N-dealkylation sites (tertiary alicyclic amines) is 1. The Balaban J connectivity index is 2.23. The molecular weight excluding hydrogens is 276 g/mol. The van der Waals surface area contributed by atoms with Gasteiger partial charge in [0.15, 0.2) is 0 Å². The fourth-order valence-corrected chi connectivity index (χ4v) is 3.77. The summed E-state index contributed by atoms with van der Waals surface area (Å²) in [6.45, 7) is 5.71. The smallest absolute Gasteiger partial charge is 0.213 e. The van der Waals surface area contributed by atoms with Gasteiger partial charge >= 0.3 is 0 Å². The van der Waals surface area contributed by atoms with Crippen LogP contribution in [0.5, 0.6) is 0 Å². The van der Waals surface area contributed by atoms with Crippen molar-refractivity contribution >= 4 is 10.0 Å². The van der Waals surface area contributed by atoms with Gasteiger partial charge in [-0.2, -0.15) is 0 Å². The highest BCUT2D eigenvalue weighted by Gasteiger charge is 2.28. The molecule has 5 nitrogen and oxygen atoms in total. The number of piperidine rings is 1. The Kier molecular flexibility index (Phi) is 8.02. The number of hydrogen-bond donors (Lipinski definition) is 0. The molecule has 0 radical (unpaired) electrons. The summed E-state index contributed by atoms with van der Waals surface area (Å²) in [5, 5.41) is 0. The van der Waals surface area contributed by atoms with Crippen molar-refractivity contribution in [3.63, 3.8) is 0 Å². The van der Waals surface area contributed by atoms with E-state index in [1.165, 1.54) is 12.8 Å². The number of ether oxygens (including phenoxy) is 1. The fraction of sp³-hybridized carbons (Fsp3) is 1.00. The van der Waals surface area contributed by atoms with Gasteiger partial charge in [0.1, 0.15) is 0 Å². The molecule has 0 unspecified atom stereocenters. The summed E-state index contributed by atoms with van der Waals surface area (Å²) in [5.41, 5.74) is 0. The first kappa shape index (κ1) is 17.9. The molecular formula is C14H30N2O3S. The Bertz CT molecular complexity index is 351. The first-order valence-corrected chi connectivity index (χ1v) is 9.29. The second kappa shape index (κ2) is 8.97. The van der Waals surface area contributed by atoms with E-state index in [0.29, 0.717) is 0 Å². The molecule has 1 aliphatic heterocycles. The lowest BCUT2D eigenvalue weighted by Crippen LogP contribution is -2.46. The standard InChI is InChI=1S/C14H30N2O3S/c1-4-20(17,18)15(2)14-8-11-16(12-9-14)10-6-5-7-13-19-3/h14H,4-13H2,1-3H3. The van der Waals surface area contributed by atoms with Crippen LogP contribution < -0.4 is 0 Å². The van der Waals surface area contributed by atoms with Gasteiger partial charge in [0.25, 0.3) is 0 Å². The maximum absolute atomic E-state index is 11.9. The molecule has 0 spiro atoms. The third-order valence-electron chi connectivity index (χ3n) is 4.20. The highest BCUT2D eigenvalue weighted by molar-refractivity contribution is 7.89. The number of sulfonamides is 1. The van der Waals surface area contributed by atoms with Crippen LogP contribution in [0.4, 0.5) is 0 Å². The highest BCUT2D eigenvalue weighted by Crippen LogP contribution is 2.18. The highest BCUT2D eigenvalue weighted by atomic mass is 32.2. The number of hydrogen-bond acceptors (Lipinski definition) is 4. The van der Waals surface area contributed by atoms with E-state index in [9.17, 15) is 8.42 Å². The lowest BCUT2D eigenvalue weighted by Gasteiger charge is -2.36. The number of unbranched alkanes of at least 4 members (excludes halogenated alkanes) is 2.